The zero-order valence-corrected chi connectivity index (χ0v) is 11.6. The van der Waals surface area contributed by atoms with Gasteiger partial charge in [0.1, 0.15) is 5.75 Å². The summed E-state index contributed by atoms with van der Waals surface area (Å²) in [5, 5.41) is 9.68. The number of nitrogens with zero attached hydrogens (tertiary/aromatic N) is 1. The molecule has 0 amide bonds. The normalized spacial score (nSPS) is 10.3. The topological polar surface area (TPSA) is 33.0 Å². The number of hydrogen-bond acceptors (Lipinski definition) is 2. The Hall–Kier alpha value is -1.98. The number of hydrogen-bond donors (Lipinski definition) is 0. The molecular weight excluding hydrogens is 258 g/mol. The third-order valence-corrected chi connectivity index (χ3v) is 2.84. The first kappa shape index (κ1) is 13.5. The van der Waals surface area contributed by atoms with Crippen LogP contribution < -0.4 is 4.74 Å². The van der Waals surface area contributed by atoms with Gasteiger partial charge in [0.25, 0.3) is 0 Å². The molecule has 0 N–H and O–H groups in total. The average Bonchev–Trinajstić information content (AvgIpc) is 2.38. The average molecular weight is 272 g/mol. The first-order chi connectivity index (χ1) is 9.10. The molecule has 2 rings (SSSR count). The van der Waals surface area contributed by atoms with E-state index in [1.807, 2.05) is 50.2 Å². The first-order valence-corrected chi connectivity index (χ1v) is 6.44. The zero-order valence-electron chi connectivity index (χ0n) is 10.9. The number of halogens is 1. The van der Waals surface area contributed by atoms with Gasteiger partial charge < -0.3 is 4.74 Å². The molecule has 96 valence electrons. The van der Waals surface area contributed by atoms with Gasteiger partial charge in [0, 0.05) is 10.6 Å². The van der Waals surface area contributed by atoms with Gasteiger partial charge in [-0.05, 0) is 49.7 Å². The van der Waals surface area contributed by atoms with Crippen molar-refractivity contribution in [2.45, 2.75) is 20.0 Å². The maximum absolute atomic E-state index is 9.02. The Morgan fingerprint density at radius 1 is 1.16 bits per heavy atom. The maximum atomic E-state index is 9.02. The summed E-state index contributed by atoms with van der Waals surface area (Å²) < 4.78 is 5.79. The highest BCUT2D eigenvalue weighted by molar-refractivity contribution is 6.30. The van der Waals surface area contributed by atoms with Crippen molar-refractivity contribution in [1.82, 2.24) is 0 Å². The second-order valence-electron chi connectivity index (χ2n) is 4.50. The molecule has 0 unspecified atom stereocenters. The van der Waals surface area contributed by atoms with Gasteiger partial charge in [-0.15, -0.1) is 0 Å². The second-order valence-corrected chi connectivity index (χ2v) is 4.94. The minimum absolute atomic E-state index is 0.0749. The van der Waals surface area contributed by atoms with Gasteiger partial charge in [0.2, 0.25) is 0 Å². The van der Waals surface area contributed by atoms with Crippen LogP contribution in [0.15, 0.2) is 42.5 Å². The van der Waals surface area contributed by atoms with Gasteiger partial charge in [0.05, 0.1) is 17.7 Å². The Bertz CT molecular complexity index is 629. The molecule has 0 saturated heterocycles. The number of rotatable bonds is 3. The molecule has 0 heterocycles. The van der Waals surface area contributed by atoms with Crippen molar-refractivity contribution < 1.29 is 4.74 Å². The van der Waals surface area contributed by atoms with Crippen LogP contribution in [-0.2, 0) is 0 Å². The number of nitriles is 1. The molecule has 2 nitrogen and oxygen atoms in total. The lowest BCUT2D eigenvalue weighted by molar-refractivity contribution is 0.243. The third kappa shape index (κ3) is 3.27. The lowest BCUT2D eigenvalue weighted by Crippen LogP contribution is -2.06. The minimum Gasteiger partial charge on any atom is -0.490 e. The molecule has 0 bridgehead atoms. The van der Waals surface area contributed by atoms with E-state index in [1.165, 1.54) is 0 Å². The van der Waals surface area contributed by atoms with E-state index in [-0.39, 0.29) is 6.10 Å². The van der Waals surface area contributed by atoms with Crippen LogP contribution in [0.2, 0.25) is 5.02 Å². The van der Waals surface area contributed by atoms with E-state index in [2.05, 4.69) is 6.07 Å². The highest BCUT2D eigenvalue weighted by Crippen LogP contribution is 2.33. The summed E-state index contributed by atoms with van der Waals surface area (Å²) in [6.07, 6.45) is 0.0749. The fourth-order valence-electron chi connectivity index (χ4n) is 1.84. The smallest absolute Gasteiger partial charge is 0.127 e. The van der Waals surface area contributed by atoms with Crippen LogP contribution in [0.3, 0.4) is 0 Å². The van der Waals surface area contributed by atoms with Crippen molar-refractivity contribution in [2.75, 3.05) is 0 Å². The van der Waals surface area contributed by atoms with E-state index in [0.29, 0.717) is 10.6 Å². The van der Waals surface area contributed by atoms with E-state index in [4.69, 9.17) is 21.6 Å². The van der Waals surface area contributed by atoms with Crippen molar-refractivity contribution in [3.63, 3.8) is 0 Å². The molecule has 2 aromatic carbocycles. The Balaban J connectivity index is 2.55. The lowest BCUT2D eigenvalue weighted by Gasteiger charge is -2.15. The van der Waals surface area contributed by atoms with Crippen LogP contribution in [0.5, 0.6) is 5.75 Å². The molecule has 0 saturated carbocycles. The number of benzene rings is 2. The van der Waals surface area contributed by atoms with Gasteiger partial charge in [-0.2, -0.15) is 5.26 Å². The van der Waals surface area contributed by atoms with Crippen molar-refractivity contribution >= 4 is 11.6 Å². The Morgan fingerprint density at radius 3 is 2.58 bits per heavy atom. The van der Waals surface area contributed by atoms with Crippen molar-refractivity contribution in [3.8, 4) is 22.9 Å². The largest absolute Gasteiger partial charge is 0.490 e. The highest BCUT2D eigenvalue weighted by Gasteiger charge is 2.09. The summed E-state index contributed by atoms with van der Waals surface area (Å²) in [6.45, 7) is 3.94. The van der Waals surface area contributed by atoms with Gasteiger partial charge in [-0.25, -0.2) is 0 Å². The predicted octanol–water partition coefficient (Wildman–Crippen LogP) is 4.67. The molecule has 0 aromatic heterocycles. The van der Waals surface area contributed by atoms with Crippen molar-refractivity contribution in [3.05, 3.63) is 53.1 Å². The van der Waals surface area contributed by atoms with Gasteiger partial charge in [-0.3, -0.25) is 0 Å². The molecule has 0 fully saturated rings. The lowest BCUT2D eigenvalue weighted by atomic mass is 10.0. The Labute approximate surface area is 118 Å². The minimum atomic E-state index is 0.0749. The van der Waals surface area contributed by atoms with Crippen molar-refractivity contribution in [1.29, 1.82) is 5.26 Å². The van der Waals surface area contributed by atoms with Crippen LogP contribution in [0.1, 0.15) is 19.4 Å². The summed E-state index contributed by atoms with van der Waals surface area (Å²) in [5.74, 6) is 0.760. The molecule has 0 aliphatic heterocycles. The summed E-state index contributed by atoms with van der Waals surface area (Å²) in [6, 6.07) is 15.1. The highest BCUT2D eigenvalue weighted by atomic mass is 35.5. The molecule has 0 aliphatic rings. The Kier molecular flexibility index (Phi) is 4.09. The standard InChI is InChI=1S/C16H14ClNO/c1-11(2)19-16-7-6-12(10-18)8-15(16)13-4-3-5-14(17)9-13/h3-9,11H,1-2H3. The fraction of sp³-hybridized carbons (Fsp3) is 0.188. The number of ether oxygens (including phenoxy) is 1. The van der Waals surface area contributed by atoms with E-state index >= 15 is 0 Å². The van der Waals surface area contributed by atoms with E-state index < -0.39 is 0 Å². The van der Waals surface area contributed by atoms with E-state index in [9.17, 15) is 0 Å². The van der Waals surface area contributed by atoms with Crippen LogP contribution in [-0.4, -0.2) is 6.10 Å². The SMILES string of the molecule is CC(C)Oc1ccc(C#N)cc1-c1cccc(Cl)c1. The zero-order chi connectivity index (χ0) is 13.8. The third-order valence-electron chi connectivity index (χ3n) is 2.61. The molecule has 0 spiro atoms. The Morgan fingerprint density at radius 2 is 1.95 bits per heavy atom. The summed E-state index contributed by atoms with van der Waals surface area (Å²) in [5.41, 5.74) is 2.43. The quantitative estimate of drug-likeness (QED) is 0.813. The molecule has 0 radical (unpaired) electrons. The van der Waals surface area contributed by atoms with E-state index in [1.54, 1.807) is 6.07 Å². The molecule has 19 heavy (non-hydrogen) atoms. The molecule has 0 aliphatic carbocycles. The van der Waals surface area contributed by atoms with Gasteiger partial charge in [0.15, 0.2) is 0 Å². The predicted molar refractivity (Wildman–Crippen MR) is 77.4 cm³/mol. The first-order valence-electron chi connectivity index (χ1n) is 6.07. The molecule has 3 heteroatoms. The van der Waals surface area contributed by atoms with Crippen LogP contribution in [0.25, 0.3) is 11.1 Å². The maximum Gasteiger partial charge on any atom is 0.127 e. The van der Waals surface area contributed by atoms with Crippen LogP contribution in [0, 0.1) is 11.3 Å². The van der Waals surface area contributed by atoms with Gasteiger partial charge in [-0.1, -0.05) is 23.7 Å². The second kappa shape index (κ2) is 5.77. The van der Waals surface area contributed by atoms with Gasteiger partial charge >= 0.3 is 0 Å². The van der Waals surface area contributed by atoms with Crippen LogP contribution >= 0.6 is 11.6 Å². The molecular formula is C16H14ClNO. The fourth-order valence-corrected chi connectivity index (χ4v) is 2.03. The van der Waals surface area contributed by atoms with Crippen LogP contribution in [0.4, 0.5) is 0 Å². The summed E-state index contributed by atoms with van der Waals surface area (Å²) in [4.78, 5) is 0. The van der Waals surface area contributed by atoms with Crippen molar-refractivity contribution in [2.24, 2.45) is 0 Å². The summed E-state index contributed by atoms with van der Waals surface area (Å²) in [7, 11) is 0. The molecule has 2 aromatic rings. The van der Waals surface area contributed by atoms with E-state index in [0.717, 1.165) is 16.9 Å². The molecule has 0 atom stereocenters. The monoisotopic (exact) mass is 271 g/mol. The summed E-state index contributed by atoms with van der Waals surface area (Å²) >= 11 is 6.02.